The third-order valence-corrected chi connectivity index (χ3v) is 3.77. The van der Waals surface area contributed by atoms with Gasteiger partial charge in [-0.05, 0) is 19.4 Å². The Hall–Kier alpha value is 0.250. The highest BCUT2D eigenvalue weighted by atomic mass is 32.9. The van der Waals surface area contributed by atoms with Crippen LogP contribution in [0.3, 0.4) is 0 Å². The van der Waals surface area contributed by atoms with Gasteiger partial charge in [-0.2, -0.15) is 4.21 Å². The molecular formula is C7H18NO3S2+. The van der Waals surface area contributed by atoms with Crippen molar-refractivity contribution in [2.75, 3.05) is 12.3 Å². The van der Waals surface area contributed by atoms with E-state index in [-0.39, 0.29) is 0 Å². The molecule has 4 N–H and O–H groups in total. The van der Waals surface area contributed by atoms with Gasteiger partial charge in [-0.1, -0.05) is 12.8 Å². The van der Waals surface area contributed by atoms with Gasteiger partial charge >= 0.3 is 9.05 Å². The molecular weight excluding hydrogens is 210 g/mol. The van der Waals surface area contributed by atoms with Gasteiger partial charge in [-0.25, -0.2) is 0 Å². The Morgan fingerprint density at radius 2 is 1.62 bits per heavy atom. The molecule has 0 rings (SSSR count). The molecule has 0 spiro atoms. The van der Waals surface area contributed by atoms with Crippen molar-refractivity contribution >= 4 is 19.4 Å². The first-order chi connectivity index (χ1) is 6.06. The molecule has 0 aliphatic rings. The van der Waals surface area contributed by atoms with E-state index < -0.39 is 9.05 Å². The molecule has 0 radical (unpaired) electrons. The van der Waals surface area contributed by atoms with E-state index in [0.717, 1.165) is 38.6 Å². The molecule has 0 aromatic carbocycles. The number of rotatable bonds is 7. The second kappa shape index (κ2) is 7.64. The van der Waals surface area contributed by atoms with E-state index in [9.17, 15) is 4.21 Å². The van der Waals surface area contributed by atoms with Gasteiger partial charge in [0.25, 0.3) is 10.3 Å². The molecule has 0 bridgehead atoms. The van der Waals surface area contributed by atoms with Gasteiger partial charge in [0.1, 0.15) is 0 Å². The van der Waals surface area contributed by atoms with Gasteiger partial charge in [-0.15, -0.1) is 0 Å². The normalized spacial score (nSPS) is 11.6. The van der Waals surface area contributed by atoms with Gasteiger partial charge in [0.15, 0.2) is 5.75 Å². The number of nitrogens with two attached hydrogens (primary N) is 1. The molecule has 0 aromatic heterocycles. The minimum absolute atomic E-state index is 0.536. The molecule has 0 amide bonds. The van der Waals surface area contributed by atoms with Crippen molar-refractivity contribution in [1.29, 1.82) is 0 Å². The summed E-state index contributed by atoms with van der Waals surface area (Å²) in [6.45, 7) is 0.732. The highest BCUT2D eigenvalue weighted by molar-refractivity contribution is 8.34. The van der Waals surface area contributed by atoms with E-state index in [1.165, 1.54) is 0 Å². The van der Waals surface area contributed by atoms with Crippen LogP contribution in [0.2, 0.25) is 0 Å². The van der Waals surface area contributed by atoms with Crippen LogP contribution in [-0.4, -0.2) is 25.6 Å². The smallest absolute Gasteiger partial charge is 0.330 e. The van der Waals surface area contributed by atoms with E-state index in [1.54, 1.807) is 0 Å². The fraction of sp³-hybridized carbons (Fsp3) is 1.00. The fourth-order valence-corrected chi connectivity index (χ4v) is 2.49. The summed E-state index contributed by atoms with van der Waals surface area (Å²) in [4.78, 5) is 0. The SMILES string of the molecule is NCCCCCCC[S+]=S(=O)(O)O. The van der Waals surface area contributed by atoms with Crippen LogP contribution in [0.25, 0.3) is 0 Å². The molecule has 13 heavy (non-hydrogen) atoms. The lowest BCUT2D eigenvalue weighted by atomic mass is 10.2. The fourth-order valence-electron chi connectivity index (χ4n) is 0.944. The summed E-state index contributed by atoms with van der Waals surface area (Å²) in [6, 6.07) is 0. The van der Waals surface area contributed by atoms with E-state index in [4.69, 9.17) is 14.8 Å². The van der Waals surface area contributed by atoms with Crippen LogP contribution in [0.4, 0.5) is 0 Å². The Labute approximate surface area is 83.2 Å². The molecule has 0 aromatic rings. The van der Waals surface area contributed by atoms with Crippen molar-refractivity contribution in [1.82, 2.24) is 0 Å². The highest BCUT2D eigenvalue weighted by Crippen LogP contribution is 2.01. The average Bonchev–Trinajstić information content (AvgIpc) is 2.01. The second-order valence-electron chi connectivity index (χ2n) is 2.83. The molecule has 80 valence electrons. The van der Waals surface area contributed by atoms with Crippen molar-refractivity contribution in [2.24, 2.45) is 5.73 Å². The zero-order valence-electron chi connectivity index (χ0n) is 7.65. The van der Waals surface area contributed by atoms with Gasteiger partial charge < -0.3 is 5.73 Å². The maximum atomic E-state index is 10.4. The average molecular weight is 228 g/mol. The lowest BCUT2D eigenvalue weighted by Crippen LogP contribution is -1.99. The van der Waals surface area contributed by atoms with Crippen LogP contribution in [0.1, 0.15) is 32.1 Å². The molecule has 6 heteroatoms. The summed E-state index contributed by atoms with van der Waals surface area (Å²) in [5.41, 5.74) is 5.32. The maximum Gasteiger partial charge on any atom is 0.430 e. The van der Waals surface area contributed by atoms with E-state index in [2.05, 4.69) is 0 Å². The van der Waals surface area contributed by atoms with Crippen molar-refractivity contribution in [3.8, 4) is 0 Å². The van der Waals surface area contributed by atoms with E-state index >= 15 is 0 Å². The van der Waals surface area contributed by atoms with Gasteiger partial charge in [0, 0.05) is 6.42 Å². The van der Waals surface area contributed by atoms with Gasteiger partial charge in [0.05, 0.1) is 0 Å². The van der Waals surface area contributed by atoms with Crippen LogP contribution in [0.15, 0.2) is 0 Å². The number of hydrogen-bond donors (Lipinski definition) is 3. The lowest BCUT2D eigenvalue weighted by molar-refractivity contribution is 0.450. The van der Waals surface area contributed by atoms with E-state index in [1.807, 2.05) is 0 Å². The van der Waals surface area contributed by atoms with Crippen LogP contribution >= 0.6 is 0 Å². The highest BCUT2D eigenvalue weighted by Gasteiger charge is 2.08. The molecule has 0 atom stereocenters. The first-order valence-corrected chi connectivity index (χ1v) is 7.37. The maximum absolute atomic E-state index is 10.4. The molecule has 0 saturated carbocycles. The summed E-state index contributed by atoms with van der Waals surface area (Å²) in [6.07, 6.45) is 5.17. The Bertz CT molecular complexity index is 216. The Morgan fingerprint density at radius 1 is 1.08 bits per heavy atom. The van der Waals surface area contributed by atoms with Crippen LogP contribution in [0, 0.1) is 0 Å². The minimum atomic E-state index is -3.57. The van der Waals surface area contributed by atoms with Crippen molar-refractivity contribution in [3.05, 3.63) is 0 Å². The predicted molar refractivity (Wildman–Crippen MR) is 57.8 cm³/mol. The standard InChI is InChI=1S/C7H17NO3S2/c8-6-4-2-1-3-5-7-12-13(9,10)11/h1-8H2,(H-,9,10,11)/p+1. The third kappa shape index (κ3) is 12.2. The van der Waals surface area contributed by atoms with Crippen LogP contribution in [0.5, 0.6) is 0 Å². The van der Waals surface area contributed by atoms with Crippen LogP contribution < -0.4 is 5.73 Å². The summed E-state index contributed by atoms with van der Waals surface area (Å²) < 4.78 is 27.4. The molecule has 0 fully saturated rings. The number of unbranched alkanes of at least 4 members (excludes halogenated alkanes) is 4. The zero-order valence-corrected chi connectivity index (χ0v) is 9.28. The topological polar surface area (TPSA) is 83.6 Å². The quantitative estimate of drug-likeness (QED) is 0.450. The monoisotopic (exact) mass is 228 g/mol. The lowest BCUT2D eigenvalue weighted by Gasteiger charge is -1.94. The molecule has 0 aliphatic carbocycles. The summed E-state index contributed by atoms with van der Waals surface area (Å²) in [5.74, 6) is 0.536. The van der Waals surface area contributed by atoms with Crippen molar-refractivity contribution < 1.29 is 13.3 Å². The summed E-state index contributed by atoms with van der Waals surface area (Å²) >= 11 is 0. The zero-order chi connectivity index (χ0) is 10.2. The molecule has 0 heterocycles. The second-order valence-corrected chi connectivity index (χ2v) is 6.38. The first-order valence-electron chi connectivity index (χ1n) is 4.40. The summed E-state index contributed by atoms with van der Waals surface area (Å²) in [5, 5.41) is 0. The predicted octanol–water partition coefficient (Wildman–Crippen LogP) is 1.12. The molecule has 4 nitrogen and oxygen atoms in total. The number of hydrogen-bond acceptors (Lipinski definition) is 2. The molecule has 0 saturated heterocycles. The van der Waals surface area contributed by atoms with Gasteiger partial charge in [0.2, 0.25) is 0 Å². The first kappa shape index (κ1) is 13.2. The summed E-state index contributed by atoms with van der Waals surface area (Å²) in [7, 11) is -2.86. The van der Waals surface area contributed by atoms with Crippen molar-refractivity contribution in [2.45, 2.75) is 32.1 Å². The van der Waals surface area contributed by atoms with Crippen LogP contribution in [-0.2, 0) is 19.4 Å². The Kier molecular flexibility index (Phi) is 7.78. The molecule has 0 unspecified atom stereocenters. The van der Waals surface area contributed by atoms with E-state index in [0.29, 0.717) is 16.1 Å². The Morgan fingerprint density at radius 3 is 2.15 bits per heavy atom. The Balaban J connectivity index is 3.23. The van der Waals surface area contributed by atoms with Crippen molar-refractivity contribution in [3.63, 3.8) is 0 Å². The third-order valence-electron chi connectivity index (χ3n) is 1.59. The molecule has 0 aliphatic heterocycles. The van der Waals surface area contributed by atoms with Gasteiger partial charge in [-0.3, -0.25) is 9.11 Å². The minimum Gasteiger partial charge on any atom is -0.330 e. The largest absolute Gasteiger partial charge is 0.430 e.